The topological polar surface area (TPSA) is 41.9 Å². The van der Waals surface area contributed by atoms with Gasteiger partial charge in [0.2, 0.25) is 16.8 Å². The number of hydrogen-bond acceptors (Lipinski definition) is 2. The van der Waals surface area contributed by atoms with Crippen LogP contribution >= 0.6 is 15.9 Å². The van der Waals surface area contributed by atoms with E-state index in [1.165, 1.54) is 0 Å². The zero-order valence-electron chi connectivity index (χ0n) is 8.90. The van der Waals surface area contributed by atoms with E-state index in [2.05, 4.69) is 21.0 Å². The minimum Gasteiger partial charge on any atom is -0.352 e. The van der Waals surface area contributed by atoms with Crippen molar-refractivity contribution in [1.29, 1.82) is 0 Å². The molecule has 0 unspecified atom stereocenters. The van der Waals surface area contributed by atoms with Gasteiger partial charge in [-0.15, -0.1) is 4.68 Å². The third-order valence-corrected chi connectivity index (χ3v) is 2.72. The molecule has 0 fully saturated rings. The highest BCUT2D eigenvalue weighted by Gasteiger charge is 2.29. The minimum absolute atomic E-state index is 0.864. The van der Waals surface area contributed by atoms with Crippen molar-refractivity contribution < 1.29 is 9.79 Å². The zero-order valence-corrected chi connectivity index (χ0v) is 10.5. The molecule has 0 aliphatic carbocycles. The van der Waals surface area contributed by atoms with Crippen LogP contribution in [0.15, 0.2) is 22.7 Å². The van der Waals surface area contributed by atoms with Crippen molar-refractivity contribution in [1.82, 2.24) is 9.90 Å². The Morgan fingerprint density at radius 3 is 2.73 bits per heavy atom. The molecule has 2 rings (SSSR count). The van der Waals surface area contributed by atoms with Crippen molar-refractivity contribution in [2.75, 3.05) is 0 Å². The second-order valence-corrected chi connectivity index (χ2v) is 4.94. The summed E-state index contributed by atoms with van der Waals surface area (Å²) in [5.41, 5.74) is 0.798. The molecule has 0 amide bonds. The number of fused-ring (bicyclic) bond motifs is 1. The van der Waals surface area contributed by atoms with Gasteiger partial charge in [0, 0.05) is 29.5 Å². The van der Waals surface area contributed by atoms with Gasteiger partial charge in [-0.1, -0.05) is 15.9 Å². The van der Waals surface area contributed by atoms with E-state index in [0.29, 0.717) is 0 Å². The van der Waals surface area contributed by atoms with Gasteiger partial charge < -0.3 is 5.11 Å². The summed E-state index contributed by atoms with van der Waals surface area (Å²) >= 11 is 3.41. The van der Waals surface area contributed by atoms with Gasteiger partial charge in [-0.25, -0.2) is 0 Å². The maximum absolute atomic E-state index is 10.0. The molecule has 2 aromatic rings. The number of aliphatic hydroxyl groups is 1. The minimum atomic E-state index is -0.968. The van der Waals surface area contributed by atoms with Crippen LogP contribution in [0, 0.1) is 0 Å². The Labute approximate surface area is 96.2 Å². The van der Waals surface area contributed by atoms with Crippen LogP contribution in [-0.4, -0.2) is 15.0 Å². The lowest BCUT2D eigenvalue weighted by atomic mass is 10.2. The second kappa shape index (κ2) is 3.28. The molecule has 5 heteroatoms. The molecule has 0 radical (unpaired) electrons. The number of benzene rings is 1. The summed E-state index contributed by atoms with van der Waals surface area (Å²) in [5, 5.41) is 14.4. The van der Waals surface area contributed by atoms with Gasteiger partial charge in [0.1, 0.15) is 0 Å². The molecule has 0 saturated heterocycles. The van der Waals surface area contributed by atoms with Gasteiger partial charge in [0.05, 0.1) is 7.05 Å². The van der Waals surface area contributed by atoms with E-state index in [1.807, 2.05) is 25.2 Å². The number of hydrogen-bond donors (Lipinski definition) is 1. The van der Waals surface area contributed by atoms with Gasteiger partial charge >= 0.3 is 0 Å². The molecule has 0 bridgehead atoms. The van der Waals surface area contributed by atoms with Crippen molar-refractivity contribution in [2.24, 2.45) is 7.05 Å². The zero-order chi connectivity index (χ0) is 11.2. The highest BCUT2D eigenvalue weighted by Crippen LogP contribution is 2.17. The Morgan fingerprint density at radius 1 is 1.47 bits per heavy atom. The Bertz CT molecular complexity index is 513. The average molecular weight is 271 g/mol. The highest BCUT2D eigenvalue weighted by atomic mass is 79.9. The molecule has 0 spiro atoms. The van der Waals surface area contributed by atoms with Crippen LogP contribution in [0.2, 0.25) is 0 Å². The van der Waals surface area contributed by atoms with Crippen LogP contribution in [0.4, 0.5) is 0 Å². The SMILES string of the molecule is Cn1nc2ccc(Br)cc2[n+]1C(C)(C)O. The molecule has 1 N–H and O–H groups in total. The van der Waals surface area contributed by atoms with E-state index in [9.17, 15) is 5.11 Å². The Morgan fingerprint density at radius 2 is 2.13 bits per heavy atom. The summed E-state index contributed by atoms with van der Waals surface area (Å²) in [7, 11) is 1.81. The van der Waals surface area contributed by atoms with Crippen LogP contribution in [0.5, 0.6) is 0 Å². The first kappa shape index (κ1) is 10.6. The smallest absolute Gasteiger partial charge is 0.249 e. The first-order valence-corrected chi connectivity index (χ1v) is 5.46. The fraction of sp³-hybridized carbons (Fsp3) is 0.400. The standard InChI is InChI=1S/C10H13BrN3O/c1-10(2,15)14-9-6-7(11)4-5-8(9)12-13(14)3/h4-6,15H,1-3H3/q+1. The quantitative estimate of drug-likeness (QED) is 0.794. The third-order valence-electron chi connectivity index (χ3n) is 2.23. The van der Waals surface area contributed by atoms with Crippen molar-refractivity contribution in [3.8, 4) is 0 Å². The lowest BCUT2D eigenvalue weighted by Crippen LogP contribution is -2.58. The highest BCUT2D eigenvalue weighted by molar-refractivity contribution is 9.10. The summed E-state index contributed by atoms with van der Waals surface area (Å²) in [4.78, 5) is 1.65. The molecular formula is C10H13BrN3O+. The molecule has 0 saturated carbocycles. The van der Waals surface area contributed by atoms with Crippen molar-refractivity contribution in [2.45, 2.75) is 19.6 Å². The van der Waals surface area contributed by atoms with Crippen LogP contribution in [0.3, 0.4) is 0 Å². The van der Waals surface area contributed by atoms with E-state index in [1.54, 1.807) is 23.3 Å². The van der Waals surface area contributed by atoms with Gasteiger partial charge in [-0.2, -0.15) is 0 Å². The number of halogens is 1. The average Bonchev–Trinajstić information content (AvgIpc) is 2.38. The summed E-state index contributed by atoms with van der Waals surface area (Å²) < 4.78 is 2.72. The first-order valence-electron chi connectivity index (χ1n) is 4.67. The Hall–Kier alpha value is -0.940. The Kier molecular flexibility index (Phi) is 2.31. The number of aromatic nitrogens is 3. The summed E-state index contributed by atoms with van der Waals surface area (Å²) in [6.07, 6.45) is 0. The van der Waals surface area contributed by atoms with E-state index in [4.69, 9.17) is 0 Å². The largest absolute Gasteiger partial charge is 0.352 e. The van der Waals surface area contributed by atoms with E-state index in [0.717, 1.165) is 15.5 Å². The van der Waals surface area contributed by atoms with Gasteiger partial charge in [-0.3, -0.25) is 0 Å². The second-order valence-electron chi connectivity index (χ2n) is 4.03. The van der Waals surface area contributed by atoms with Crippen LogP contribution in [0.1, 0.15) is 13.8 Å². The van der Waals surface area contributed by atoms with Crippen molar-refractivity contribution in [3.63, 3.8) is 0 Å². The molecular weight excluding hydrogens is 258 g/mol. The third kappa shape index (κ3) is 1.77. The van der Waals surface area contributed by atoms with Crippen LogP contribution in [-0.2, 0) is 12.8 Å². The molecule has 4 nitrogen and oxygen atoms in total. The summed E-state index contributed by atoms with van der Waals surface area (Å²) in [6.45, 7) is 3.46. The lowest BCUT2D eigenvalue weighted by Gasteiger charge is -2.14. The van der Waals surface area contributed by atoms with Gasteiger partial charge in [0.15, 0.2) is 0 Å². The lowest BCUT2D eigenvalue weighted by molar-refractivity contribution is -0.846. The Balaban J connectivity index is 2.82. The molecule has 1 aromatic heterocycles. The van der Waals surface area contributed by atoms with Crippen molar-refractivity contribution in [3.05, 3.63) is 22.7 Å². The van der Waals surface area contributed by atoms with Gasteiger partial charge in [0.25, 0.3) is 0 Å². The molecule has 1 heterocycles. The molecule has 0 atom stereocenters. The number of aryl methyl sites for hydroxylation is 1. The molecule has 0 aliphatic heterocycles. The summed E-state index contributed by atoms with van der Waals surface area (Å²) in [5.74, 6) is 0. The van der Waals surface area contributed by atoms with E-state index in [-0.39, 0.29) is 0 Å². The number of nitrogens with zero attached hydrogens (tertiary/aromatic N) is 3. The van der Waals surface area contributed by atoms with Crippen molar-refractivity contribution >= 4 is 27.0 Å². The van der Waals surface area contributed by atoms with E-state index < -0.39 is 5.72 Å². The molecule has 80 valence electrons. The van der Waals surface area contributed by atoms with Crippen LogP contribution in [0.25, 0.3) is 11.0 Å². The fourth-order valence-corrected chi connectivity index (χ4v) is 2.11. The van der Waals surface area contributed by atoms with E-state index >= 15 is 0 Å². The molecule has 1 aromatic carbocycles. The maximum atomic E-state index is 10.0. The first-order chi connectivity index (χ1) is 6.89. The number of rotatable bonds is 1. The maximum Gasteiger partial charge on any atom is 0.249 e. The normalized spacial score (nSPS) is 12.3. The van der Waals surface area contributed by atoms with Gasteiger partial charge in [-0.05, 0) is 16.9 Å². The predicted octanol–water partition coefficient (Wildman–Crippen LogP) is 1.31. The fourth-order valence-electron chi connectivity index (χ4n) is 1.76. The summed E-state index contributed by atoms with van der Waals surface area (Å²) in [6, 6.07) is 5.80. The molecule has 0 aliphatic rings. The van der Waals surface area contributed by atoms with Crippen LogP contribution < -0.4 is 4.68 Å². The molecule has 15 heavy (non-hydrogen) atoms. The monoisotopic (exact) mass is 270 g/mol. The predicted molar refractivity (Wildman–Crippen MR) is 60.1 cm³/mol.